The minimum absolute atomic E-state index is 0.209. The Morgan fingerprint density at radius 2 is 1.95 bits per heavy atom. The van der Waals surface area contributed by atoms with Crippen LogP contribution >= 0.6 is 0 Å². The molecule has 1 fully saturated rings. The summed E-state index contributed by atoms with van der Waals surface area (Å²) in [6, 6.07) is 0.798. The normalized spacial score (nSPS) is 29.5. The van der Waals surface area contributed by atoms with Crippen molar-refractivity contribution in [3.8, 4) is 0 Å². The molecule has 3 heteroatoms. The standard InChI is InChI=1S/C16H29N3/c1-10-6-7-15(8-11(10)2)19-14(5)16(9-12(3)17)13(4)18-19/h10-12,15H,6-9,17H2,1-5H3. The first kappa shape index (κ1) is 14.6. The second-order valence-electron chi connectivity index (χ2n) is 6.70. The molecule has 1 aromatic rings. The number of hydrogen-bond donors (Lipinski definition) is 1. The number of nitrogens with two attached hydrogens (primary N) is 1. The van der Waals surface area contributed by atoms with Crippen LogP contribution in [-0.2, 0) is 6.42 Å². The van der Waals surface area contributed by atoms with E-state index in [9.17, 15) is 0 Å². The Bertz CT molecular complexity index is 433. The summed E-state index contributed by atoms with van der Waals surface area (Å²) in [5.74, 6) is 1.66. The van der Waals surface area contributed by atoms with Gasteiger partial charge in [-0.25, -0.2) is 0 Å². The van der Waals surface area contributed by atoms with Crippen molar-refractivity contribution in [1.82, 2.24) is 9.78 Å². The van der Waals surface area contributed by atoms with Crippen LogP contribution in [0.4, 0.5) is 0 Å². The molecule has 4 unspecified atom stereocenters. The molecule has 2 N–H and O–H groups in total. The average molecular weight is 263 g/mol. The van der Waals surface area contributed by atoms with Gasteiger partial charge < -0.3 is 5.73 Å². The Morgan fingerprint density at radius 1 is 1.26 bits per heavy atom. The van der Waals surface area contributed by atoms with Crippen LogP contribution in [0, 0.1) is 25.7 Å². The molecule has 108 valence electrons. The van der Waals surface area contributed by atoms with E-state index in [1.54, 1.807) is 0 Å². The molecular weight excluding hydrogens is 234 g/mol. The molecule has 1 heterocycles. The van der Waals surface area contributed by atoms with Crippen molar-refractivity contribution in [3.63, 3.8) is 0 Å². The van der Waals surface area contributed by atoms with E-state index in [0.717, 1.165) is 18.3 Å². The number of aromatic nitrogens is 2. The molecule has 1 aromatic heterocycles. The van der Waals surface area contributed by atoms with Gasteiger partial charge in [-0.2, -0.15) is 5.10 Å². The zero-order valence-corrected chi connectivity index (χ0v) is 13.1. The van der Waals surface area contributed by atoms with Crippen molar-refractivity contribution in [2.24, 2.45) is 17.6 Å². The van der Waals surface area contributed by atoms with E-state index in [2.05, 4.69) is 39.3 Å². The maximum Gasteiger partial charge on any atom is 0.0629 e. The molecule has 0 bridgehead atoms. The third kappa shape index (κ3) is 3.02. The molecule has 1 aliphatic carbocycles. The van der Waals surface area contributed by atoms with E-state index in [-0.39, 0.29) is 6.04 Å². The Hall–Kier alpha value is -0.830. The van der Waals surface area contributed by atoms with Gasteiger partial charge in [0.25, 0.3) is 0 Å². The number of nitrogens with zero attached hydrogens (tertiary/aromatic N) is 2. The Morgan fingerprint density at radius 3 is 2.53 bits per heavy atom. The van der Waals surface area contributed by atoms with Crippen LogP contribution in [0.1, 0.15) is 63.0 Å². The summed E-state index contributed by atoms with van der Waals surface area (Å²) < 4.78 is 2.29. The predicted octanol–water partition coefficient (Wildman–Crippen LogP) is 3.39. The number of rotatable bonds is 3. The first-order valence-electron chi connectivity index (χ1n) is 7.70. The molecule has 0 radical (unpaired) electrons. The fourth-order valence-corrected chi connectivity index (χ4v) is 3.41. The molecule has 0 amide bonds. The first-order chi connectivity index (χ1) is 8.90. The Kier molecular flexibility index (Phi) is 4.34. The van der Waals surface area contributed by atoms with Gasteiger partial charge in [0, 0.05) is 11.7 Å². The van der Waals surface area contributed by atoms with Crippen LogP contribution in [0.2, 0.25) is 0 Å². The second-order valence-corrected chi connectivity index (χ2v) is 6.70. The molecule has 1 saturated carbocycles. The van der Waals surface area contributed by atoms with Crippen molar-refractivity contribution in [1.29, 1.82) is 0 Å². The lowest BCUT2D eigenvalue weighted by molar-refractivity contribution is 0.198. The summed E-state index contributed by atoms with van der Waals surface area (Å²) in [6.45, 7) is 11.2. The van der Waals surface area contributed by atoms with Gasteiger partial charge >= 0.3 is 0 Å². The lowest BCUT2D eigenvalue weighted by Crippen LogP contribution is -2.25. The highest BCUT2D eigenvalue weighted by molar-refractivity contribution is 5.26. The van der Waals surface area contributed by atoms with Crippen LogP contribution < -0.4 is 5.73 Å². The quantitative estimate of drug-likeness (QED) is 0.908. The van der Waals surface area contributed by atoms with Gasteiger partial charge in [-0.3, -0.25) is 4.68 Å². The van der Waals surface area contributed by atoms with E-state index in [0.29, 0.717) is 6.04 Å². The van der Waals surface area contributed by atoms with E-state index >= 15 is 0 Å². The molecule has 4 atom stereocenters. The number of hydrogen-bond acceptors (Lipinski definition) is 2. The minimum atomic E-state index is 0.209. The van der Waals surface area contributed by atoms with Crippen LogP contribution in [0.15, 0.2) is 0 Å². The van der Waals surface area contributed by atoms with E-state index in [1.165, 1.54) is 36.2 Å². The smallest absolute Gasteiger partial charge is 0.0629 e. The molecule has 2 rings (SSSR count). The van der Waals surface area contributed by atoms with Gasteiger partial charge in [-0.15, -0.1) is 0 Å². The summed E-state index contributed by atoms with van der Waals surface area (Å²) in [7, 11) is 0. The molecule has 3 nitrogen and oxygen atoms in total. The maximum atomic E-state index is 5.95. The van der Waals surface area contributed by atoms with Crippen molar-refractivity contribution in [2.45, 2.75) is 72.4 Å². The van der Waals surface area contributed by atoms with Crippen molar-refractivity contribution in [3.05, 3.63) is 17.0 Å². The van der Waals surface area contributed by atoms with E-state index < -0.39 is 0 Å². The van der Waals surface area contributed by atoms with Gasteiger partial charge in [0.15, 0.2) is 0 Å². The fraction of sp³-hybridized carbons (Fsp3) is 0.812. The summed E-state index contributed by atoms with van der Waals surface area (Å²) in [4.78, 5) is 0. The zero-order valence-electron chi connectivity index (χ0n) is 13.1. The third-order valence-electron chi connectivity index (χ3n) is 4.92. The predicted molar refractivity (Wildman–Crippen MR) is 80.3 cm³/mol. The molecule has 0 aliphatic heterocycles. The monoisotopic (exact) mass is 263 g/mol. The van der Waals surface area contributed by atoms with Crippen LogP contribution in [0.5, 0.6) is 0 Å². The molecular formula is C16H29N3. The van der Waals surface area contributed by atoms with Crippen molar-refractivity contribution >= 4 is 0 Å². The Labute approximate surface area is 117 Å². The van der Waals surface area contributed by atoms with Crippen LogP contribution in [-0.4, -0.2) is 15.8 Å². The van der Waals surface area contributed by atoms with Crippen LogP contribution in [0.3, 0.4) is 0 Å². The summed E-state index contributed by atoms with van der Waals surface area (Å²) in [5.41, 5.74) is 9.82. The number of aryl methyl sites for hydroxylation is 1. The van der Waals surface area contributed by atoms with Gasteiger partial charge in [0.2, 0.25) is 0 Å². The highest BCUT2D eigenvalue weighted by Crippen LogP contribution is 2.37. The van der Waals surface area contributed by atoms with Gasteiger partial charge in [0.1, 0.15) is 0 Å². The van der Waals surface area contributed by atoms with Crippen molar-refractivity contribution in [2.75, 3.05) is 0 Å². The molecule has 19 heavy (non-hydrogen) atoms. The highest BCUT2D eigenvalue weighted by atomic mass is 15.3. The van der Waals surface area contributed by atoms with Crippen molar-refractivity contribution < 1.29 is 0 Å². The highest BCUT2D eigenvalue weighted by Gasteiger charge is 2.28. The summed E-state index contributed by atoms with van der Waals surface area (Å²) in [5, 5.41) is 4.81. The van der Waals surface area contributed by atoms with Gasteiger partial charge in [0.05, 0.1) is 11.7 Å². The lowest BCUT2D eigenvalue weighted by Gasteiger charge is -2.32. The summed E-state index contributed by atoms with van der Waals surface area (Å²) >= 11 is 0. The SMILES string of the molecule is Cc1nn(C2CCC(C)C(C)C2)c(C)c1CC(C)N. The minimum Gasteiger partial charge on any atom is -0.328 e. The fourth-order valence-electron chi connectivity index (χ4n) is 3.41. The molecule has 0 spiro atoms. The molecule has 1 aliphatic rings. The van der Waals surface area contributed by atoms with Crippen LogP contribution in [0.25, 0.3) is 0 Å². The van der Waals surface area contributed by atoms with E-state index in [1.807, 2.05) is 0 Å². The molecule has 0 saturated heterocycles. The largest absolute Gasteiger partial charge is 0.328 e. The first-order valence-corrected chi connectivity index (χ1v) is 7.70. The summed E-state index contributed by atoms with van der Waals surface area (Å²) in [6.07, 6.45) is 4.80. The third-order valence-corrected chi connectivity index (χ3v) is 4.92. The zero-order chi connectivity index (χ0) is 14.2. The average Bonchev–Trinajstić information content (AvgIpc) is 2.60. The maximum absolute atomic E-state index is 5.95. The Balaban J connectivity index is 2.21. The molecule has 0 aromatic carbocycles. The van der Waals surface area contributed by atoms with Gasteiger partial charge in [-0.05, 0) is 63.9 Å². The van der Waals surface area contributed by atoms with E-state index in [4.69, 9.17) is 10.8 Å². The van der Waals surface area contributed by atoms with Gasteiger partial charge in [-0.1, -0.05) is 13.8 Å². The second kappa shape index (κ2) is 5.66. The topological polar surface area (TPSA) is 43.8 Å². The lowest BCUT2D eigenvalue weighted by atomic mass is 9.79.